The summed E-state index contributed by atoms with van der Waals surface area (Å²) in [5.74, 6) is 0. The Morgan fingerprint density at radius 2 is 0.538 bits per heavy atom. The van der Waals surface area contributed by atoms with Gasteiger partial charge in [0.1, 0.15) is 0 Å². The van der Waals surface area contributed by atoms with E-state index in [1.807, 2.05) is 0 Å². The molecule has 0 amide bonds. The Bertz CT molecular complexity index is 70.1. The standard InChI is InChI=1S/4HNO2.Ru/c4*2-1-3;/h4*(H,2,3);/q;;;;+4/p-4. The maximum absolute atomic E-state index is 8.00. The first kappa shape index (κ1) is 30.3. The average molecular weight is 285 g/mol. The van der Waals surface area contributed by atoms with Crippen LogP contribution in [0.1, 0.15) is 0 Å². The van der Waals surface area contributed by atoms with Crippen molar-refractivity contribution in [2.45, 2.75) is 0 Å². The fourth-order valence-corrected chi connectivity index (χ4v) is 0. The molecular formula is N4O8Ru. The molecule has 13 heavy (non-hydrogen) atoms. The van der Waals surface area contributed by atoms with E-state index in [1.165, 1.54) is 0 Å². The number of nitrogens with zero attached hydrogens (tertiary/aromatic N) is 4. The van der Waals surface area contributed by atoms with Gasteiger partial charge in [0.2, 0.25) is 0 Å². The molecule has 0 aliphatic heterocycles. The summed E-state index contributed by atoms with van der Waals surface area (Å²) in [6, 6.07) is 0. The van der Waals surface area contributed by atoms with Gasteiger partial charge >= 0.3 is 19.5 Å². The molecule has 13 heteroatoms. The molecule has 0 unspecified atom stereocenters. The molecule has 0 bridgehead atoms. The van der Waals surface area contributed by atoms with Crippen molar-refractivity contribution in [2.75, 3.05) is 0 Å². The predicted molar refractivity (Wildman–Crippen MR) is 36.6 cm³/mol. The first-order valence-corrected chi connectivity index (χ1v) is 1.46. The second-order valence-electron chi connectivity index (χ2n) is 0.298. The topological polar surface area (TPSA) is 210 Å². The van der Waals surface area contributed by atoms with Crippen LogP contribution in [-0.4, -0.2) is 0 Å². The maximum Gasteiger partial charge on any atom is 4.00 e. The predicted octanol–water partition coefficient (Wildman–Crippen LogP) is 1.000. The summed E-state index contributed by atoms with van der Waals surface area (Å²) in [5.41, 5.74) is 0. The van der Waals surface area contributed by atoms with Gasteiger partial charge in [0.15, 0.2) is 0 Å². The molecule has 0 aromatic carbocycles. The Labute approximate surface area is 82.0 Å². The Hall–Kier alpha value is -1.78. The van der Waals surface area contributed by atoms with Gasteiger partial charge in [-0.05, 0) is 0 Å². The van der Waals surface area contributed by atoms with E-state index in [0.29, 0.717) is 0 Å². The zero-order valence-corrected chi connectivity index (χ0v) is 7.15. The van der Waals surface area contributed by atoms with Crippen molar-refractivity contribution in [3.05, 3.63) is 40.5 Å². The summed E-state index contributed by atoms with van der Waals surface area (Å²) in [6.07, 6.45) is 0. The summed E-state index contributed by atoms with van der Waals surface area (Å²) in [5, 5.41) is 36.0. The minimum atomic E-state index is 0. The van der Waals surface area contributed by atoms with Gasteiger partial charge in [-0.15, -0.1) is 21.4 Å². The van der Waals surface area contributed by atoms with E-state index in [-0.39, 0.29) is 19.5 Å². The molecule has 0 aliphatic carbocycles. The fraction of sp³-hybridized carbons (Fsp3) is 0. The van der Waals surface area contributed by atoms with Crippen molar-refractivity contribution >= 4 is 0 Å². The van der Waals surface area contributed by atoms with Crippen LogP contribution in [0.15, 0.2) is 21.4 Å². The van der Waals surface area contributed by atoms with Gasteiger partial charge in [0.25, 0.3) is 0 Å². The van der Waals surface area contributed by atoms with E-state index in [0.717, 1.165) is 21.4 Å². The van der Waals surface area contributed by atoms with Crippen LogP contribution in [0.5, 0.6) is 0 Å². The van der Waals surface area contributed by atoms with Crippen molar-refractivity contribution in [3.63, 3.8) is 0 Å². The van der Waals surface area contributed by atoms with E-state index in [9.17, 15) is 0 Å². The van der Waals surface area contributed by atoms with Crippen LogP contribution in [0.2, 0.25) is 0 Å². The monoisotopic (exact) mass is 286 g/mol. The first-order chi connectivity index (χ1) is 5.66. The number of hydrogen-bond donors (Lipinski definition) is 0. The first-order valence-electron chi connectivity index (χ1n) is 1.46. The van der Waals surface area contributed by atoms with Gasteiger partial charge in [0, 0.05) is 0 Å². The van der Waals surface area contributed by atoms with Crippen molar-refractivity contribution in [1.29, 1.82) is 0 Å². The van der Waals surface area contributed by atoms with Crippen LogP contribution in [-0.2, 0) is 19.5 Å². The van der Waals surface area contributed by atoms with Gasteiger partial charge in [-0.2, -0.15) is 0 Å². The fourth-order valence-electron chi connectivity index (χ4n) is 0. The minimum Gasteiger partial charge on any atom is -0.444 e. The van der Waals surface area contributed by atoms with E-state index >= 15 is 0 Å². The van der Waals surface area contributed by atoms with E-state index in [1.54, 1.807) is 0 Å². The van der Waals surface area contributed by atoms with Gasteiger partial charge in [-0.1, -0.05) is 0 Å². The molecule has 0 saturated heterocycles. The maximum atomic E-state index is 8.00. The third-order valence-corrected chi connectivity index (χ3v) is 0. The summed E-state index contributed by atoms with van der Waals surface area (Å²) in [7, 11) is 0. The SMILES string of the molecule is O=N[O-].O=N[O-].O=N[O-].O=N[O-].[Ru+4]. The number of rotatable bonds is 0. The van der Waals surface area contributed by atoms with Crippen LogP contribution in [0.3, 0.4) is 0 Å². The van der Waals surface area contributed by atoms with Crippen LogP contribution in [0, 0.1) is 40.5 Å². The molecule has 0 aromatic heterocycles. The van der Waals surface area contributed by atoms with E-state index in [2.05, 4.69) is 0 Å². The van der Waals surface area contributed by atoms with Gasteiger partial charge in [-0.3, -0.25) is 0 Å². The molecule has 76 valence electrons. The van der Waals surface area contributed by atoms with Crippen molar-refractivity contribution in [3.8, 4) is 0 Å². The Balaban J connectivity index is -0.0000000213. The van der Waals surface area contributed by atoms with Crippen LogP contribution >= 0.6 is 0 Å². The van der Waals surface area contributed by atoms with E-state index in [4.69, 9.17) is 40.5 Å². The molecule has 0 atom stereocenters. The average Bonchev–Trinajstić information content (AvgIpc) is 1.92. The molecule has 0 aliphatic rings. The van der Waals surface area contributed by atoms with Crippen LogP contribution in [0.25, 0.3) is 0 Å². The van der Waals surface area contributed by atoms with E-state index < -0.39 is 0 Å². The molecule has 0 aromatic rings. The van der Waals surface area contributed by atoms with Gasteiger partial charge < -0.3 is 40.5 Å². The zero-order chi connectivity index (χ0) is 10.8. The van der Waals surface area contributed by atoms with Gasteiger partial charge in [0.05, 0.1) is 0 Å². The smallest absolute Gasteiger partial charge is 0.444 e. The molecule has 0 radical (unpaired) electrons. The quantitative estimate of drug-likeness (QED) is 0.354. The van der Waals surface area contributed by atoms with Crippen LogP contribution in [0.4, 0.5) is 0 Å². The zero-order valence-electron chi connectivity index (χ0n) is 5.41. The van der Waals surface area contributed by atoms with Crippen LogP contribution < -0.4 is 0 Å². The molecule has 0 N–H and O–H groups in total. The molecule has 0 fully saturated rings. The minimum absolute atomic E-state index is 0. The Morgan fingerprint density at radius 3 is 0.538 bits per heavy atom. The molecule has 0 heterocycles. The molecule has 0 saturated carbocycles. The number of hydrogen-bond acceptors (Lipinski definition) is 12. The van der Waals surface area contributed by atoms with Crippen molar-refractivity contribution in [1.82, 2.24) is 0 Å². The van der Waals surface area contributed by atoms with Crippen molar-refractivity contribution < 1.29 is 19.5 Å². The normalized spacial score (nSPS) is 3.69. The summed E-state index contributed by atoms with van der Waals surface area (Å²) < 4.78 is 0. The Morgan fingerprint density at radius 1 is 0.538 bits per heavy atom. The molecule has 0 rings (SSSR count). The summed E-state index contributed by atoms with van der Waals surface area (Å²) >= 11 is 0. The summed E-state index contributed by atoms with van der Waals surface area (Å²) in [4.78, 5) is 32.0. The molecular weight excluding hydrogens is 285 g/mol. The molecule has 12 nitrogen and oxygen atoms in total. The third kappa shape index (κ3) is 219. The van der Waals surface area contributed by atoms with Gasteiger partial charge in [-0.25, -0.2) is 0 Å². The second kappa shape index (κ2) is 176. The second-order valence-corrected chi connectivity index (χ2v) is 0.298. The van der Waals surface area contributed by atoms with Crippen molar-refractivity contribution in [2.24, 2.45) is 21.4 Å². The Kier molecular flexibility index (Phi) is 410. The summed E-state index contributed by atoms with van der Waals surface area (Å²) in [6.45, 7) is 0. The molecule has 0 spiro atoms. The third-order valence-electron chi connectivity index (χ3n) is 0. The largest absolute Gasteiger partial charge is 4.00 e.